The molecule has 0 saturated carbocycles. The third-order valence-electron chi connectivity index (χ3n) is 3.16. The Morgan fingerprint density at radius 3 is 2.89 bits per heavy atom. The predicted molar refractivity (Wildman–Crippen MR) is 67.5 cm³/mol. The minimum atomic E-state index is -0.0108. The molecular weight excluding hydrogens is 232 g/mol. The van der Waals surface area contributed by atoms with Crippen molar-refractivity contribution in [2.24, 2.45) is 5.92 Å². The normalized spacial score (nSPS) is 17.8. The SMILES string of the molecule is CC(CN1CCCC1)C(=O)NCc1nc(N)n[nH]1. The van der Waals surface area contributed by atoms with Gasteiger partial charge in [-0.2, -0.15) is 4.98 Å². The number of rotatable bonds is 5. The van der Waals surface area contributed by atoms with Gasteiger partial charge in [-0.05, 0) is 25.9 Å². The van der Waals surface area contributed by atoms with Crippen molar-refractivity contribution in [1.29, 1.82) is 0 Å². The van der Waals surface area contributed by atoms with Crippen molar-refractivity contribution in [2.45, 2.75) is 26.3 Å². The van der Waals surface area contributed by atoms with Crippen LogP contribution in [0, 0.1) is 5.92 Å². The summed E-state index contributed by atoms with van der Waals surface area (Å²) in [5.74, 6) is 0.804. The van der Waals surface area contributed by atoms with Crippen LogP contribution >= 0.6 is 0 Å². The van der Waals surface area contributed by atoms with Crippen molar-refractivity contribution in [2.75, 3.05) is 25.4 Å². The molecule has 2 heterocycles. The Morgan fingerprint density at radius 2 is 2.28 bits per heavy atom. The van der Waals surface area contributed by atoms with Crippen molar-refractivity contribution in [3.63, 3.8) is 0 Å². The molecule has 1 atom stereocenters. The number of H-pyrrole nitrogens is 1. The van der Waals surface area contributed by atoms with Gasteiger partial charge < -0.3 is 16.0 Å². The number of nitrogens with one attached hydrogen (secondary N) is 2. The molecule has 1 amide bonds. The molecule has 1 aliphatic rings. The van der Waals surface area contributed by atoms with E-state index in [0.717, 1.165) is 19.6 Å². The molecular formula is C11H20N6O. The van der Waals surface area contributed by atoms with Gasteiger partial charge in [-0.15, -0.1) is 5.10 Å². The maximum Gasteiger partial charge on any atom is 0.239 e. The summed E-state index contributed by atoms with van der Waals surface area (Å²) in [5, 5.41) is 9.20. The molecule has 7 nitrogen and oxygen atoms in total. The second kappa shape index (κ2) is 5.81. The van der Waals surface area contributed by atoms with E-state index in [-0.39, 0.29) is 17.8 Å². The summed E-state index contributed by atoms with van der Waals surface area (Å²) in [4.78, 5) is 18.1. The van der Waals surface area contributed by atoms with Gasteiger partial charge in [0.2, 0.25) is 11.9 Å². The van der Waals surface area contributed by atoms with E-state index in [1.165, 1.54) is 12.8 Å². The molecule has 1 aromatic rings. The summed E-state index contributed by atoms with van der Waals surface area (Å²) in [6, 6.07) is 0. The van der Waals surface area contributed by atoms with Gasteiger partial charge in [0.05, 0.1) is 6.54 Å². The first kappa shape index (κ1) is 12.8. The van der Waals surface area contributed by atoms with Gasteiger partial charge in [0, 0.05) is 12.5 Å². The van der Waals surface area contributed by atoms with Crippen LogP contribution in [0.15, 0.2) is 0 Å². The number of nitrogens with two attached hydrogens (primary N) is 1. The lowest BCUT2D eigenvalue weighted by Gasteiger charge is -2.19. The third-order valence-corrected chi connectivity index (χ3v) is 3.16. The number of nitrogens with zero attached hydrogens (tertiary/aromatic N) is 3. The first-order valence-electron chi connectivity index (χ1n) is 6.32. The Hall–Kier alpha value is -1.63. The van der Waals surface area contributed by atoms with Crippen LogP contribution in [0.2, 0.25) is 0 Å². The zero-order valence-electron chi connectivity index (χ0n) is 10.6. The zero-order valence-corrected chi connectivity index (χ0v) is 10.6. The summed E-state index contributed by atoms with van der Waals surface area (Å²) in [6.07, 6.45) is 2.48. The fourth-order valence-corrected chi connectivity index (χ4v) is 2.17. The summed E-state index contributed by atoms with van der Waals surface area (Å²) < 4.78 is 0. The summed E-state index contributed by atoms with van der Waals surface area (Å²) in [5.41, 5.74) is 5.38. The van der Waals surface area contributed by atoms with Crippen LogP contribution < -0.4 is 11.1 Å². The summed E-state index contributed by atoms with van der Waals surface area (Å²) >= 11 is 0. The molecule has 1 unspecified atom stereocenters. The molecule has 0 aliphatic carbocycles. The fraction of sp³-hybridized carbons (Fsp3) is 0.727. The first-order chi connectivity index (χ1) is 8.65. The second-order valence-electron chi connectivity index (χ2n) is 4.77. The number of carbonyl (C=O) groups excluding carboxylic acids is 1. The van der Waals surface area contributed by atoms with Crippen LogP contribution in [0.5, 0.6) is 0 Å². The van der Waals surface area contributed by atoms with Gasteiger partial charge in [0.1, 0.15) is 5.82 Å². The highest BCUT2D eigenvalue weighted by Gasteiger charge is 2.19. The number of nitrogen functional groups attached to an aromatic ring is 1. The largest absolute Gasteiger partial charge is 0.367 e. The Labute approximate surface area is 106 Å². The van der Waals surface area contributed by atoms with E-state index in [1.54, 1.807) is 0 Å². The lowest BCUT2D eigenvalue weighted by Crippen LogP contribution is -2.36. The Kier molecular flexibility index (Phi) is 4.14. The molecule has 0 aromatic carbocycles. The van der Waals surface area contributed by atoms with E-state index >= 15 is 0 Å². The Bertz CT molecular complexity index is 398. The highest BCUT2D eigenvalue weighted by molar-refractivity contribution is 5.78. The van der Waals surface area contributed by atoms with Crippen molar-refractivity contribution < 1.29 is 4.79 Å². The van der Waals surface area contributed by atoms with Gasteiger partial charge in [-0.3, -0.25) is 9.89 Å². The van der Waals surface area contributed by atoms with Crippen LogP contribution in [0.25, 0.3) is 0 Å². The Morgan fingerprint density at radius 1 is 1.56 bits per heavy atom. The monoisotopic (exact) mass is 252 g/mol. The van der Waals surface area contributed by atoms with Gasteiger partial charge in [0.15, 0.2) is 0 Å². The molecule has 0 spiro atoms. The first-order valence-corrected chi connectivity index (χ1v) is 6.32. The van der Waals surface area contributed by atoms with Gasteiger partial charge in [-0.25, -0.2) is 0 Å². The molecule has 0 bridgehead atoms. The van der Waals surface area contributed by atoms with E-state index in [4.69, 9.17) is 5.73 Å². The van der Waals surface area contributed by atoms with Crippen molar-refractivity contribution in [3.05, 3.63) is 5.82 Å². The molecule has 1 aliphatic heterocycles. The highest BCUT2D eigenvalue weighted by Crippen LogP contribution is 2.10. The average Bonchev–Trinajstić information content (AvgIpc) is 2.97. The number of hydrogen-bond acceptors (Lipinski definition) is 5. The summed E-state index contributed by atoms with van der Waals surface area (Å²) in [6.45, 7) is 5.33. The number of likely N-dealkylation sites (tertiary alicyclic amines) is 1. The van der Waals surface area contributed by atoms with Crippen molar-refractivity contribution in [3.8, 4) is 0 Å². The molecule has 0 radical (unpaired) electrons. The number of aromatic nitrogens is 3. The topological polar surface area (TPSA) is 99.9 Å². The maximum absolute atomic E-state index is 11.9. The molecule has 2 rings (SSSR count). The zero-order chi connectivity index (χ0) is 13.0. The van der Waals surface area contributed by atoms with Crippen molar-refractivity contribution in [1.82, 2.24) is 25.4 Å². The molecule has 4 N–H and O–H groups in total. The van der Waals surface area contributed by atoms with Crippen LogP contribution in [0.1, 0.15) is 25.6 Å². The summed E-state index contributed by atoms with van der Waals surface area (Å²) in [7, 11) is 0. The molecule has 100 valence electrons. The van der Waals surface area contributed by atoms with E-state index in [1.807, 2.05) is 6.92 Å². The molecule has 7 heteroatoms. The standard InChI is InChI=1S/C11H20N6O/c1-8(7-17-4-2-3-5-17)10(18)13-6-9-14-11(12)16-15-9/h8H,2-7H2,1H3,(H,13,18)(H3,12,14,15,16). The van der Waals surface area contributed by atoms with Crippen LogP contribution in [0.4, 0.5) is 5.95 Å². The molecule has 1 aromatic heterocycles. The van der Waals surface area contributed by atoms with Gasteiger partial charge >= 0.3 is 0 Å². The van der Waals surface area contributed by atoms with E-state index < -0.39 is 0 Å². The Balaban J connectivity index is 1.73. The molecule has 18 heavy (non-hydrogen) atoms. The number of aromatic amines is 1. The van der Waals surface area contributed by atoms with E-state index in [9.17, 15) is 4.79 Å². The maximum atomic E-state index is 11.9. The number of hydrogen-bond donors (Lipinski definition) is 3. The predicted octanol–water partition coefficient (Wildman–Crippen LogP) is -0.265. The lowest BCUT2D eigenvalue weighted by atomic mass is 10.1. The second-order valence-corrected chi connectivity index (χ2v) is 4.77. The van der Waals surface area contributed by atoms with Crippen molar-refractivity contribution >= 4 is 11.9 Å². The molecule has 1 saturated heterocycles. The molecule has 1 fully saturated rings. The van der Waals surface area contributed by atoms with Gasteiger partial charge in [0.25, 0.3) is 0 Å². The number of carbonyl (C=O) groups is 1. The number of amides is 1. The van der Waals surface area contributed by atoms with Crippen LogP contribution in [-0.4, -0.2) is 45.6 Å². The third kappa shape index (κ3) is 3.43. The quantitative estimate of drug-likeness (QED) is 0.670. The van der Waals surface area contributed by atoms with Gasteiger partial charge in [-0.1, -0.05) is 6.92 Å². The number of anilines is 1. The van der Waals surface area contributed by atoms with E-state index in [2.05, 4.69) is 25.4 Å². The van der Waals surface area contributed by atoms with Crippen LogP contribution in [0.3, 0.4) is 0 Å². The highest BCUT2D eigenvalue weighted by atomic mass is 16.1. The van der Waals surface area contributed by atoms with Crippen LogP contribution in [-0.2, 0) is 11.3 Å². The smallest absolute Gasteiger partial charge is 0.239 e. The average molecular weight is 252 g/mol. The fourth-order valence-electron chi connectivity index (χ4n) is 2.17. The lowest BCUT2D eigenvalue weighted by molar-refractivity contribution is -0.125. The minimum Gasteiger partial charge on any atom is -0.367 e. The van der Waals surface area contributed by atoms with E-state index in [0.29, 0.717) is 12.4 Å². The minimum absolute atomic E-state index is 0.0108.